The third-order valence-corrected chi connectivity index (χ3v) is 3.51. The van der Waals surface area contributed by atoms with Crippen molar-refractivity contribution in [2.24, 2.45) is 10.8 Å². The third kappa shape index (κ3) is 0.800. The van der Waals surface area contributed by atoms with E-state index in [0.29, 0.717) is 5.41 Å². The fraction of sp³-hybridized carbons (Fsp3) is 1.00. The van der Waals surface area contributed by atoms with Gasteiger partial charge >= 0.3 is 0 Å². The van der Waals surface area contributed by atoms with Gasteiger partial charge in [-0.25, -0.2) is 0 Å². The molecule has 0 heterocycles. The SMILES string of the molecule is CC(C)(O)C1(C)CC1(C)C. The minimum absolute atomic E-state index is 0.139. The van der Waals surface area contributed by atoms with Gasteiger partial charge in [0, 0.05) is 5.41 Å². The number of rotatable bonds is 1. The molecule has 1 aliphatic carbocycles. The number of hydrogen-bond donors (Lipinski definition) is 1. The average Bonchev–Trinajstić information content (AvgIpc) is 2.05. The van der Waals surface area contributed by atoms with E-state index in [1.807, 2.05) is 13.8 Å². The third-order valence-electron chi connectivity index (χ3n) is 3.51. The van der Waals surface area contributed by atoms with Gasteiger partial charge in [0.25, 0.3) is 0 Å². The van der Waals surface area contributed by atoms with Crippen LogP contribution in [0.1, 0.15) is 41.0 Å². The second-order valence-electron chi connectivity index (χ2n) is 4.95. The highest BCUT2D eigenvalue weighted by molar-refractivity contribution is 5.13. The van der Waals surface area contributed by atoms with Crippen molar-refractivity contribution in [2.75, 3.05) is 0 Å². The first kappa shape index (κ1) is 8.06. The summed E-state index contributed by atoms with van der Waals surface area (Å²) in [7, 11) is 0. The normalized spacial score (nSPS) is 37.8. The lowest BCUT2D eigenvalue weighted by Crippen LogP contribution is -2.33. The van der Waals surface area contributed by atoms with Gasteiger partial charge in [0.15, 0.2) is 0 Å². The molecule has 0 bridgehead atoms. The maximum atomic E-state index is 9.75. The van der Waals surface area contributed by atoms with Crippen LogP contribution in [0.2, 0.25) is 0 Å². The van der Waals surface area contributed by atoms with E-state index >= 15 is 0 Å². The molecule has 10 heavy (non-hydrogen) atoms. The van der Waals surface area contributed by atoms with Crippen molar-refractivity contribution in [1.82, 2.24) is 0 Å². The Kier molecular flexibility index (Phi) is 1.27. The lowest BCUT2D eigenvalue weighted by atomic mass is 9.83. The highest BCUT2D eigenvalue weighted by Crippen LogP contribution is 2.68. The molecule has 1 nitrogen and oxygen atoms in total. The second kappa shape index (κ2) is 1.58. The van der Waals surface area contributed by atoms with Crippen molar-refractivity contribution < 1.29 is 5.11 Å². The van der Waals surface area contributed by atoms with Crippen molar-refractivity contribution in [3.05, 3.63) is 0 Å². The minimum atomic E-state index is -0.517. The Hall–Kier alpha value is -0.0400. The smallest absolute Gasteiger partial charge is 0.0650 e. The van der Waals surface area contributed by atoms with Gasteiger partial charge in [-0.2, -0.15) is 0 Å². The first-order chi connectivity index (χ1) is 4.21. The summed E-state index contributed by atoms with van der Waals surface area (Å²) < 4.78 is 0. The van der Waals surface area contributed by atoms with Crippen LogP contribution in [0.25, 0.3) is 0 Å². The van der Waals surface area contributed by atoms with Crippen molar-refractivity contribution in [1.29, 1.82) is 0 Å². The van der Waals surface area contributed by atoms with Gasteiger partial charge in [-0.05, 0) is 25.7 Å². The quantitative estimate of drug-likeness (QED) is 0.595. The van der Waals surface area contributed by atoms with Crippen molar-refractivity contribution in [2.45, 2.75) is 46.6 Å². The van der Waals surface area contributed by atoms with Crippen LogP contribution in [0.5, 0.6) is 0 Å². The van der Waals surface area contributed by atoms with E-state index in [2.05, 4.69) is 20.8 Å². The molecule has 60 valence electrons. The van der Waals surface area contributed by atoms with Gasteiger partial charge in [-0.1, -0.05) is 20.8 Å². The van der Waals surface area contributed by atoms with E-state index < -0.39 is 5.60 Å². The Bertz CT molecular complexity index is 153. The fourth-order valence-electron chi connectivity index (χ4n) is 1.88. The molecular formula is C9H18O. The standard InChI is InChI=1S/C9H18O/c1-7(2)6-9(7,5)8(3,4)10/h10H,6H2,1-5H3. The molecule has 1 saturated carbocycles. The second-order valence-corrected chi connectivity index (χ2v) is 4.95. The molecule has 1 unspecified atom stereocenters. The number of hydrogen-bond acceptors (Lipinski definition) is 1. The Morgan fingerprint density at radius 1 is 1.20 bits per heavy atom. The monoisotopic (exact) mass is 142 g/mol. The van der Waals surface area contributed by atoms with Crippen LogP contribution >= 0.6 is 0 Å². The lowest BCUT2D eigenvalue weighted by molar-refractivity contribution is -0.00623. The summed E-state index contributed by atoms with van der Waals surface area (Å²) in [6.07, 6.45) is 1.14. The molecule has 0 aromatic rings. The zero-order valence-corrected chi connectivity index (χ0v) is 7.65. The summed E-state index contributed by atoms with van der Waals surface area (Å²) in [6, 6.07) is 0. The Labute approximate surface area is 63.4 Å². The number of aliphatic hydroxyl groups is 1. The van der Waals surface area contributed by atoms with Gasteiger partial charge in [-0.15, -0.1) is 0 Å². The van der Waals surface area contributed by atoms with Crippen LogP contribution in [-0.4, -0.2) is 10.7 Å². The molecule has 0 saturated heterocycles. The largest absolute Gasteiger partial charge is 0.390 e. The molecule has 1 fully saturated rings. The van der Waals surface area contributed by atoms with E-state index in [0.717, 1.165) is 6.42 Å². The first-order valence-electron chi connectivity index (χ1n) is 3.93. The molecule has 0 aromatic carbocycles. The van der Waals surface area contributed by atoms with Gasteiger partial charge in [-0.3, -0.25) is 0 Å². The van der Waals surface area contributed by atoms with Gasteiger partial charge in [0.2, 0.25) is 0 Å². The maximum absolute atomic E-state index is 9.75. The molecule has 0 aliphatic heterocycles. The van der Waals surface area contributed by atoms with Gasteiger partial charge in [0.05, 0.1) is 5.60 Å². The minimum Gasteiger partial charge on any atom is -0.390 e. The first-order valence-corrected chi connectivity index (χ1v) is 3.93. The topological polar surface area (TPSA) is 20.2 Å². The van der Waals surface area contributed by atoms with E-state index in [1.165, 1.54) is 0 Å². The highest BCUT2D eigenvalue weighted by Gasteiger charge is 2.64. The summed E-state index contributed by atoms with van der Waals surface area (Å²) in [5.41, 5.74) is -0.0399. The van der Waals surface area contributed by atoms with Crippen molar-refractivity contribution in [3.63, 3.8) is 0 Å². The van der Waals surface area contributed by atoms with Crippen LogP contribution < -0.4 is 0 Å². The lowest BCUT2D eigenvalue weighted by Gasteiger charge is -2.29. The molecule has 1 atom stereocenters. The average molecular weight is 142 g/mol. The summed E-state index contributed by atoms with van der Waals surface area (Å²) >= 11 is 0. The van der Waals surface area contributed by atoms with Crippen LogP contribution in [0.3, 0.4) is 0 Å². The van der Waals surface area contributed by atoms with Gasteiger partial charge in [0.1, 0.15) is 0 Å². The Morgan fingerprint density at radius 3 is 1.50 bits per heavy atom. The van der Waals surface area contributed by atoms with Crippen LogP contribution in [0.15, 0.2) is 0 Å². The van der Waals surface area contributed by atoms with Crippen LogP contribution in [-0.2, 0) is 0 Å². The Morgan fingerprint density at radius 2 is 1.50 bits per heavy atom. The van der Waals surface area contributed by atoms with E-state index in [9.17, 15) is 5.11 Å². The molecule has 1 heteroatoms. The zero-order valence-electron chi connectivity index (χ0n) is 7.65. The van der Waals surface area contributed by atoms with Crippen LogP contribution in [0, 0.1) is 10.8 Å². The highest BCUT2D eigenvalue weighted by atomic mass is 16.3. The van der Waals surface area contributed by atoms with Crippen molar-refractivity contribution in [3.8, 4) is 0 Å². The summed E-state index contributed by atoms with van der Waals surface area (Å²) in [5.74, 6) is 0. The zero-order chi connectivity index (χ0) is 8.21. The predicted molar refractivity (Wildman–Crippen MR) is 42.8 cm³/mol. The molecular weight excluding hydrogens is 124 g/mol. The molecule has 0 spiro atoms. The molecule has 1 N–H and O–H groups in total. The predicted octanol–water partition coefficient (Wildman–Crippen LogP) is 2.19. The molecule has 0 aromatic heterocycles. The van der Waals surface area contributed by atoms with E-state index in [-0.39, 0.29) is 5.41 Å². The fourth-order valence-corrected chi connectivity index (χ4v) is 1.88. The summed E-state index contributed by atoms with van der Waals surface area (Å²) in [6.45, 7) is 10.4. The van der Waals surface area contributed by atoms with E-state index in [1.54, 1.807) is 0 Å². The molecule has 1 aliphatic rings. The van der Waals surface area contributed by atoms with E-state index in [4.69, 9.17) is 0 Å². The van der Waals surface area contributed by atoms with Gasteiger partial charge < -0.3 is 5.11 Å². The molecule has 1 rings (SSSR count). The summed E-state index contributed by atoms with van der Waals surface area (Å²) in [5, 5.41) is 9.75. The molecule has 0 amide bonds. The Balaban J connectivity index is 2.78. The van der Waals surface area contributed by atoms with Crippen molar-refractivity contribution >= 4 is 0 Å². The summed E-state index contributed by atoms with van der Waals surface area (Å²) in [4.78, 5) is 0. The molecule has 0 radical (unpaired) electrons. The maximum Gasteiger partial charge on any atom is 0.0650 e. The van der Waals surface area contributed by atoms with Crippen LogP contribution in [0.4, 0.5) is 0 Å².